The SMILES string of the molecule is C=CCOc1ccc(C2C(=C(O)c3cc(C)ccc3C)C(=O)C(=O)N2c2nnc(SCc3ccc(Cl)cc3Cl)s2)cc1. The summed E-state index contributed by atoms with van der Waals surface area (Å²) < 4.78 is 6.20. The molecule has 0 bridgehead atoms. The molecule has 1 atom stereocenters. The number of thioether (sulfide) groups is 1. The van der Waals surface area contributed by atoms with Gasteiger partial charge in [0.05, 0.1) is 11.6 Å². The number of amides is 1. The molecule has 7 nitrogen and oxygen atoms in total. The first-order valence-electron chi connectivity index (χ1n) is 12.8. The molecular formula is C31H25Cl2N3O4S2. The van der Waals surface area contributed by atoms with Crippen molar-refractivity contribution in [1.29, 1.82) is 0 Å². The lowest BCUT2D eigenvalue weighted by Gasteiger charge is -2.23. The Morgan fingerprint density at radius 2 is 1.86 bits per heavy atom. The summed E-state index contributed by atoms with van der Waals surface area (Å²) in [7, 11) is 0. The molecular weight excluding hydrogens is 613 g/mol. The minimum Gasteiger partial charge on any atom is -0.507 e. The fourth-order valence-electron chi connectivity index (χ4n) is 4.52. The number of nitrogens with zero attached hydrogens (tertiary/aromatic N) is 3. The number of carbonyl (C=O) groups excluding carboxylic acids is 2. The molecule has 42 heavy (non-hydrogen) atoms. The molecule has 1 amide bonds. The Kier molecular flexibility index (Phi) is 9.03. The highest BCUT2D eigenvalue weighted by molar-refractivity contribution is 8.00. The third kappa shape index (κ3) is 6.10. The summed E-state index contributed by atoms with van der Waals surface area (Å²) in [4.78, 5) is 28.4. The molecule has 4 aromatic rings. The summed E-state index contributed by atoms with van der Waals surface area (Å²) >= 11 is 14.9. The first-order valence-corrected chi connectivity index (χ1v) is 15.4. The number of aryl methyl sites for hydroxylation is 2. The number of carbonyl (C=O) groups is 2. The van der Waals surface area contributed by atoms with Crippen LogP contribution in [0.25, 0.3) is 5.76 Å². The highest BCUT2D eigenvalue weighted by Gasteiger charge is 2.48. The highest BCUT2D eigenvalue weighted by Crippen LogP contribution is 2.44. The van der Waals surface area contributed by atoms with Crippen molar-refractivity contribution in [2.24, 2.45) is 0 Å². The first-order chi connectivity index (χ1) is 20.2. The second-order valence-electron chi connectivity index (χ2n) is 9.53. The quantitative estimate of drug-likeness (QED) is 0.0497. The molecule has 1 unspecified atom stereocenters. The molecule has 0 saturated carbocycles. The van der Waals surface area contributed by atoms with Gasteiger partial charge in [0.1, 0.15) is 18.1 Å². The van der Waals surface area contributed by atoms with Gasteiger partial charge in [-0.05, 0) is 60.9 Å². The van der Waals surface area contributed by atoms with Gasteiger partial charge >= 0.3 is 5.91 Å². The molecule has 5 rings (SSSR count). The van der Waals surface area contributed by atoms with E-state index in [0.717, 1.165) is 16.7 Å². The van der Waals surface area contributed by atoms with E-state index in [1.54, 1.807) is 48.5 Å². The maximum absolute atomic E-state index is 13.6. The van der Waals surface area contributed by atoms with E-state index in [1.165, 1.54) is 28.0 Å². The van der Waals surface area contributed by atoms with Gasteiger partial charge in [-0.3, -0.25) is 14.5 Å². The van der Waals surface area contributed by atoms with Gasteiger partial charge in [-0.1, -0.05) is 94.9 Å². The maximum Gasteiger partial charge on any atom is 0.301 e. The predicted molar refractivity (Wildman–Crippen MR) is 169 cm³/mol. The Labute approximate surface area is 261 Å². The van der Waals surface area contributed by atoms with E-state index < -0.39 is 17.7 Å². The molecule has 214 valence electrons. The smallest absolute Gasteiger partial charge is 0.301 e. The molecule has 1 aliphatic heterocycles. The van der Waals surface area contributed by atoms with Crippen molar-refractivity contribution in [3.63, 3.8) is 0 Å². The van der Waals surface area contributed by atoms with E-state index in [2.05, 4.69) is 16.8 Å². The Morgan fingerprint density at radius 1 is 1.10 bits per heavy atom. The highest BCUT2D eigenvalue weighted by atomic mass is 35.5. The van der Waals surface area contributed by atoms with E-state index in [4.69, 9.17) is 27.9 Å². The number of benzene rings is 3. The average molecular weight is 639 g/mol. The Bertz CT molecular complexity index is 1720. The maximum atomic E-state index is 13.6. The van der Waals surface area contributed by atoms with Gasteiger partial charge in [-0.25, -0.2) is 0 Å². The van der Waals surface area contributed by atoms with Crippen molar-refractivity contribution in [3.8, 4) is 5.75 Å². The number of ketones is 1. The lowest BCUT2D eigenvalue weighted by molar-refractivity contribution is -0.132. The molecule has 0 aliphatic carbocycles. The van der Waals surface area contributed by atoms with E-state index in [9.17, 15) is 14.7 Å². The van der Waals surface area contributed by atoms with Crippen molar-refractivity contribution < 1.29 is 19.4 Å². The fraction of sp³-hybridized carbons (Fsp3) is 0.161. The zero-order valence-electron chi connectivity index (χ0n) is 22.6. The lowest BCUT2D eigenvalue weighted by atomic mass is 9.93. The largest absolute Gasteiger partial charge is 0.507 e. The van der Waals surface area contributed by atoms with E-state index in [1.807, 2.05) is 32.0 Å². The molecule has 1 saturated heterocycles. The summed E-state index contributed by atoms with van der Waals surface area (Å²) in [5.41, 5.74) is 3.61. The Morgan fingerprint density at radius 3 is 2.57 bits per heavy atom. The van der Waals surface area contributed by atoms with Crippen molar-refractivity contribution in [1.82, 2.24) is 10.2 Å². The first kappa shape index (κ1) is 29.8. The van der Waals surface area contributed by atoms with Crippen LogP contribution in [-0.4, -0.2) is 33.6 Å². The fourth-order valence-corrected chi connectivity index (χ4v) is 6.95. The Hall–Kier alpha value is -3.63. The zero-order chi connectivity index (χ0) is 30.0. The molecule has 0 spiro atoms. The van der Waals surface area contributed by atoms with Crippen LogP contribution in [-0.2, 0) is 15.3 Å². The van der Waals surface area contributed by atoms with Crippen molar-refractivity contribution in [2.75, 3.05) is 11.5 Å². The lowest BCUT2D eigenvalue weighted by Crippen LogP contribution is -2.29. The molecule has 1 aliphatic rings. The minimum absolute atomic E-state index is 0.0224. The molecule has 11 heteroatoms. The number of halogens is 2. The van der Waals surface area contributed by atoms with Gasteiger partial charge in [-0.15, -0.1) is 10.2 Å². The standard InChI is InChI=1S/C31H25Cl2N3O4S2/c1-4-13-40-22-11-8-19(9-12-22)26-25(27(37)23-14-17(2)5-6-18(23)3)28(38)29(39)36(26)30-34-35-31(42-30)41-16-20-7-10-21(32)15-24(20)33/h4-12,14-15,26,37H,1,13,16H2,2-3H3. The van der Waals surface area contributed by atoms with E-state index in [-0.39, 0.29) is 16.5 Å². The van der Waals surface area contributed by atoms with Crippen LogP contribution >= 0.6 is 46.3 Å². The number of aliphatic hydroxyl groups excluding tert-OH is 1. The van der Waals surface area contributed by atoms with Gasteiger partial charge in [0.2, 0.25) is 5.13 Å². The van der Waals surface area contributed by atoms with Gasteiger partial charge < -0.3 is 9.84 Å². The number of aliphatic hydroxyl groups is 1. The summed E-state index contributed by atoms with van der Waals surface area (Å²) in [6.07, 6.45) is 1.64. The zero-order valence-corrected chi connectivity index (χ0v) is 25.8. The normalized spacial score (nSPS) is 16.2. The van der Waals surface area contributed by atoms with Crippen LogP contribution in [0, 0.1) is 13.8 Å². The van der Waals surface area contributed by atoms with Crippen LogP contribution in [0.15, 0.2) is 83.2 Å². The van der Waals surface area contributed by atoms with Gasteiger partial charge in [-0.2, -0.15) is 0 Å². The van der Waals surface area contributed by atoms with E-state index >= 15 is 0 Å². The summed E-state index contributed by atoms with van der Waals surface area (Å²) in [6, 6.07) is 16.9. The third-order valence-electron chi connectivity index (χ3n) is 6.62. The predicted octanol–water partition coefficient (Wildman–Crippen LogP) is 7.95. The molecule has 1 fully saturated rings. The second kappa shape index (κ2) is 12.7. The summed E-state index contributed by atoms with van der Waals surface area (Å²) in [5.74, 6) is -0.743. The number of hydrogen-bond acceptors (Lipinski definition) is 8. The second-order valence-corrected chi connectivity index (χ2v) is 12.6. The Balaban J connectivity index is 1.55. The monoisotopic (exact) mass is 637 g/mol. The average Bonchev–Trinajstić information content (AvgIpc) is 3.54. The van der Waals surface area contributed by atoms with Crippen molar-refractivity contribution in [3.05, 3.63) is 117 Å². The third-order valence-corrected chi connectivity index (χ3v) is 9.32. The van der Waals surface area contributed by atoms with Crippen molar-refractivity contribution >= 4 is 68.9 Å². The molecule has 1 aromatic heterocycles. The number of Topliss-reactive ketones (excluding diaryl/α,β-unsaturated/α-hetero) is 1. The number of hydrogen-bond donors (Lipinski definition) is 1. The molecule has 2 heterocycles. The van der Waals surface area contributed by atoms with Crippen LogP contribution in [0.4, 0.5) is 5.13 Å². The van der Waals surface area contributed by atoms with E-state index in [0.29, 0.717) is 43.6 Å². The van der Waals surface area contributed by atoms with Crippen LogP contribution in [0.1, 0.15) is 33.9 Å². The number of anilines is 1. The van der Waals surface area contributed by atoms with Crippen LogP contribution in [0.2, 0.25) is 10.0 Å². The molecule has 0 radical (unpaired) electrons. The minimum atomic E-state index is -0.935. The summed E-state index contributed by atoms with van der Waals surface area (Å²) in [6.45, 7) is 7.73. The number of aromatic nitrogens is 2. The molecule has 3 aromatic carbocycles. The van der Waals surface area contributed by atoms with Gasteiger partial charge in [0.15, 0.2) is 4.34 Å². The molecule has 1 N–H and O–H groups in total. The van der Waals surface area contributed by atoms with Gasteiger partial charge in [0, 0.05) is 21.4 Å². The summed E-state index contributed by atoms with van der Waals surface area (Å²) in [5, 5.41) is 21.4. The number of ether oxygens (including phenoxy) is 1. The van der Waals surface area contributed by atoms with Crippen LogP contribution in [0.5, 0.6) is 5.75 Å². The number of rotatable bonds is 9. The van der Waals surface area contributed by atoms with Crippen molar-refractivity contribution in [2.45, 2.75) is 30.0 Å². The van der Waals surface area contributed by atoms with Gasteiger partial charge in [0.25, 0.3) is 5.78 Å². The van der Waals surface area contributed by atoms with Crippen LogP contribution < -0.4 is 9.64 Å². The topological polar surface area (TPSA) is 92.6 Å². The van der Waals surface area contributed by atoms with Crippen LogP contribution in [0.3, 0.4) is 0 Å².